The summed E-state index contributed by atoms with van der Waals surface area (Å²) in [6, 6.07) is -0.0173. The van der Waals surface area contributed by atoms with Crippen molar-refractivity contribution in [3.63, 3.8) is 0 Å². The number of ether oxygens (including phenoxy) is 3. The fourth-order valence-corrected chi connectivity index (χ4v) is 4.85. The Labute approximate surface area is 152 Å². The number of hydrogen-bond donors (Lipinski definition) is 0. The van der Waals surface area contributed by atoms with Crippen LogP contribution in [0.25, 0.3) is 0 Å². The standard InChI is InChI=1S/C19H24N2O5/c1-3-4-8-24-18-14-16(26-20-18)15(21-6-5-7-21)12-9-11-10-13(23-2)19(12,25-11)17(14)22/h10-12,15H,3-9H2,1-2H3/t11-,12?,15-,19+/m0/s1. The number of carbonyl (C=O) groups is 1. The van der Waals surface area contributed by atoms with E-state index in [0.29, 0.717) is 29.6 Å². The molecule has 2 bridgehead atoms. The van der Waals surface area contributed by atoms with E-state index in [9.17, 15) is 4.79 Å². The normalized spacial score (nSPS) is 34.9. The van der Waals surface area contributed by atoms with Gasteiger partial charge in [0.2, 0.25) is 5.78 Å². The molecule has 26 heavy (non-hydrogen) atoms. The summed E-state index contributed by atoms with van der Waals surface area (Å²) in [5.74, 6) is 1.43. The number of hydrogen-bond acceptors (Lipinski definition) is 7. The molecule has 1 spiro atoms. The van der Waals surface area contributed by atoms with E-state index in [4.69, 9.17) is 18.7 Å². The predicted octanol–water partition coefficient (Wildman–Crippen LogP) is 2.48. The van der Waals surface area contributed by atoms with Crippen LogP contribution in [0.5, 0.6) is 5.88 Å². The number of methoxy groups -OCH3 is 1. The van der Waals surface area contributed by atoms with E-state index in [0.717, 1.165) is 38.8 Å². The van der Waals surface area contributed by atoms with E-state index in [2.05, 4.69) is 17.0 Å². The molecule has 0 radical (unpaired) electrons. The number of nitrogens with zero attached hydrogens (tertiary/aromatic N) is 2. The zero-order valence-electron chi connectivity index (χ0n) is 15.2. The van der Waals surface area contributed by atoms with Gasteiger partial charge in [-0.05, 0) is 30.5 Å². The van der Waals surface area contributed by atoms with Crippen LogP contribution in [0.15, 0.2) is 16.4 Å². The third-order valence-corrected chi connectivity index (χ3v) is 6.19. The van der Waals surface area contributed by atoms with Crippen LogP contribution in [0.4, 0.5) is 0 Å². The van der Waals surface area contributed by atoms with Gasteiger partial charge >= 0.3 is 0 Å². The van der Waals surface area contributed by atoms with Gasteiger partial charge in [0.05, 0.1) is 25.9 Å². The van der Waals surface area contributed by atoms with Crippen LogP contribution in [0.1, 0.15) is 54.8 Å². The van der Waals surface area contributed by atoms with Crippen molar-refractivity contribution in [2.75, 3.05) is 26.8 Å². The van der Waals surface area contributed by atoms with Gasteiger partial charge in [0.1, 0.15) is 11.3 Å². The van der Waals surface area contributed by atoms with Crippen molar-refractivity contribution >= 4 is 5.78 Å². The minimum absolute atomic E-state index is 0.0100. The summed E-state index contributed by atoms with van der Waals surface area (Å²) < 4.78 is 23.3. The molecule has 0 amide bonds. The Balaban J connectivity index is 1.60. The number of rotatable bonds is 6. The van der Waals surface area contributed by atoms with Crippen LogP contribution in [-0.4, -0.2) is 54.4 Å². The number of likely N-dealkylation sites (tertiary alicyclic amines) is 1. The average molecular weight is 360 g/mol. The summed E-state index contributed by atoms with van der Waals surface area (Å²) in [5, 5.41) is 4.11. The largest absolute Gasteiger partial charge is 0.498 e. The highest BCUT2D eigenvalue weighted by atomic mass is 16.6. The van der Waals surface area contributed by atoms with Crippen LogP contribution in [0, 0.1) is 5.92 Å². The molecule has 7 nitrogen and oxygen atoms in total. The molecule has 140 valence electrons. The SMILES string of the molecule is CCCCOc1noc2c1C(=O)[C@]13O[C@H](C=C1OC)CC3[C@@H]2N1CCC1. The number of carbonyl (C=O) groups excluding carboxylic acids is 1. The summed E-state index contributed by atoms with van der Waals surface area (Å²) in [6.07, 6.45) is 5.73. The predicted molar refractivity (Wildman–Crippen MR) is 91.0 cm³/mol. The summed E-state index contributed by atoms with van der Waals surface area (Å²) in [4.78, 5) is 15.9. The Morgan fingerprint density at radius 1 is 1.42 bits per heavy atom. The van der Waals surface area contributed by atoms with Crippen molar-refractivity contribution in [1.82, 2.24) is 10.1 Å². The van der Waals surface area contributed by atoms with Gasteiger partial charge in [-0.2, -0.15) is 0 Å². The number of ketones is 1. The maximum Gasteiger partial charge on any atom is 0.265 e. The summed E-state index contributed by atoms with van der Waals surface area (Å²) >= 11 is 0. The summed E-state index contributed by atoms with van der Waals surface area (Å²) in [7, 11) is 1.61. The molecule has 7 heteroatoms. The van der Waals surface area contributed by atoms with Crippen molar-refractivity contribution in [2.24, 2.45) is 5.92 Å². The Hall–Kier alpha value is -1.86. The molecule has 5 rings (SSSR count). The second-order valence-corrected chi connectivity index (χ2v) is 7.56. The topological polar surface area (TPSA) is 74.0 Å². The molecule has 3 aliphatic heterocycles. The van der Waals surface area contributed by atoms with E-state index >= 15 is 0 Å². The molecule has 4 aliphatic rings. The molecular formula is C19H24N2O5. The fourth-order valence-electron chi connectivity index (χ4n) is 4.85. The van der Waals surface area contributed by atoms with E-state index in [-0.39, 0.29) is 23.8 Å². The van der Waals surface area contributed by atoms with Crippen LogP contribution < -0.4 is 4.74 Å². The first-order valence-electron chi connectivity index (χ1n) is 9.56. The van der Waals surface area contributed by atoms with Gasteiger partial charge in [-0.3, -0.25) is 9.69 Å². The molecule has 2 fully saturated rings. The smallest absolute Gasteiger partial charge is 0.265 e. The number of unbranched alkanes of at least 4 members (excludes halogenated alkanes) is 1. The average Bonchev–Trinajstić information content (AvgIpc) is 3.28. The van der Waals surface area contributed by atoms with E-state index in [1.165, 1.54) is 0 Å². The van der Waals surface area contributed by atoms with Crippen molar-refractivity contribution < 1.29 is 23.5 Å². The van der Waals surface area contributed by atoms with Crippen molar-refractivity contribution in [3.05, 3.63) is 23.2 Å². The van der Waals surface area contributed by atoms with Crippen LogP contribution in [0.2, 0.25) is 0 Å². The lowest BCUT2D eigenvalue weighted by atomic mass is 9.67. The minimum atomic E-state index is -1.05. The first-order chi connectivity index (χ1) is 12.7. The molecular weight excluding hydrogens is 336 g/mol. The van der Waals surface area contributed by atoms with Crippen molar-refractivity contribution in [2.45, 2.75) is 50.4 Å². The van der Waals surface area contributed by atoms with Crippen LogP contribution in [0.3, 0.4) is 0 Å². The monoisotopic (exact) mass is 360 g/mol. The molecule has 0 saturated carbocycles. The van der Waals surface area contributed by atoms with Crippen LogP contribution in [-0.2, 0) is 9.47 Å². The third kappa shape index (κ3) is 1.96. The molecule has 2 saturated heterocycles. The lowest BCUT2D eigenvalue weighted by Gasteiger charge is -2.47. The Kier molecular flexibility index (Phi) is 3.66. The Morgan fingerprint density at radius 3 is 2.96 bits per heavy atom. The molecule has 4 heterocycles. The van der Waals surface area contributed by atoms with E-state index in [1.807, 2.05) is 6.08 Å². The Morgan fingerprint density at radius 2 is 2.27 bits per heavy atom. The second kappa shape index (κ2) is 5.82. The molecule has 4 atom stereocenters. The number of fused-ring (bicyclic) bond motifs is 2. The highest BCUT2D eigenvalue weighted by Gasteiger charge is 2.69. The van der Waals surface area contributed by atoms with E-state index < -0.39 is 5.60 Å². The maximum absolute atomic E-state index is 13.6. The molecule has 0 aromatic carbocycles. The molecule has 0 N–H and O–H groups in total. The van der Waals surface area contributed by atoms with Crippen LogP contribution >= 0.6 is 0 Å². The zero-order valence-corrected chi connectivity index (χ0v) is 15.2. The molecule has 1 aliphatic carbocycles. The lowest BCUT2D eigenvalue weighted by molar-refractivity contribution is -0.0459. The third-order valence-electron chi connectivity index (χ3n) is 6.19. The van der Waals surface area contributed by atoms with Gasteiger partial charge in [-0.15, -0.1) is 0 Å². The number of aromatic nitrogens is 1. The van der Waals surface area contributed by atoms with Gasteiger partial charge in [0.15, 0.2) is 11.4 Å². The van der Waals surface area contributed by atoms with E-state index in [1.54, 1.807) is 7.11 Å². The fraction of sp³-hybridized carbons (Fsp3) is 0.684. The maximum atomic E-state index is 13.6. The molecule has 1 unspecified atom stereocenters. The molecule has 1 aromatic rings. The quantitative estimate of drug-likeness (QED) is 0.722. The number of Topliss-reactive ketones (excluding diaryl/α,β-unsaturated/α-hetero) is 1. The second-order valence-electron chi connectivity index (χ2n) is 7.56. The van der Waals surface area contributed by atoms with Gasteiger partial charge in [-0.25, -0.2) is 0 Å². The van der Waals surface area contributed by atoms with Gasteiger partial charge in [0, 0.05) is 19.0 Å². The summed E-state index contributed by atoms with van der Waals surface area (Å²) in [6.45, 7) is 4.60. The minimum Gasteiger partial charge on any atom is -0.498 e. The molecule has 1 aromatic heterocycles. The summed E-state index contributed by atoms with van der Waals surface area (Å²) in [5.41, 5.74) is -0.610. The van der Waals surface area contributed by atoms with Gasteiger partial charge < -0.3 is 18.7 Å². The Bertz CT molecular complexity index is 768. The lowest BCUT2D eigenvalue weighted by Crippen LogP contribution is -2.56. The first-order valence-corrected chi connectivity index (χ1v) is 9.56. The highest BCUT2D eigenvalue weighted by Crippen LogP contribution is 2.60. The van der Waals surface area contributed by atoms with Crippen molar-refractivity contribution in [1.29, 1.82) is 0 Å². The van der Waals surface area contributed by atoms with Gasteiger partial charge in [-0.1, -0.05) is 13.3 Å². The van der Waals surface area contributed by atoms with Crippen molar-refractivity contribution in [3.8, 4) is 5.88 Å². The van der Waals surface area contributed by atoms with Gasteiger partial charge in [0.25, 0.3) is 5.88 Å². The zero-order chi connectivity index (χ0) is 17.9. The highest BCUT2D eigenvalue weighted by molar-refractivity contribution is 6.09. The first kappa shape index (κ1) is 16.3.